The van der Waals surface area contributed by atoms with E-state index in [1.54, 1.807) is 7.11 Å². The van der Waals surface area contributed by atoms with Crippen LogP contribution in [0.2, 0.25) is 0 Å². The average Bonchev–Trinajstić information content (AvgIpc) is 2.85. The summed E-state index contributed by atoms with van der Waals surface area (Å²) in [4.78, 5) is 13.8. The highest BCUT2D eigenvalue weighted by Gasteiger charge is 2.34. The van der Waals surface area contributed by atoms with Crippen molar-refractivity contribution in [2.45, 2.75) is 32.3 Å². The van der Waals surface area contributed by atoms with Crippen LogP contribution in [0.5, 0.6) is 5.75 Å². The lowest BCUT2D eigenvalue weighted by Crippen LogP contribution is -2.26. The van der Waals surface area contributed by atoms with Crippen LogP contribution < -0.4 is 4.74 Å². The van der Waals surface area contributed by atoms with E-state index in [2.05, 4.69) is 6.92 Å². The van der Waals surface area contributed by atoms with Gasteiger partial charge < -0.3 is 14.7 Å². The maximum atomic E-state index is 11.9. The first-order valence-corrected chi connectivity index (χ1v) is 7.25. The summed E-state index contributed by atoms with van der Waals surface area (Å²) in [7, 11) is 1.62. The molecule has 1 aromatic carbocycles. The SMILES string of the molecule is CCCCN1CC(C(O)c2ccc(OC)cc2)CC1=O. The van der Waals surface area contributed by atoms with Gasteiger partial charge in [0.05, 0.1) is 13.2 Å². The molecule has 1 amide bonds. The molecule has 0 aliphatic carbocycles. The van der Waals surface area contributed by atoms with Crippen LogP contribution in [0.1, 0.15) is 37.9 Å². The summed E-state index contributed by atoms with van der Waals surface area (Å²) in [5.41, 5.74) is 0.848. The van der Waals surface area contributed by atoms with Crippen molar-refractivity contribution in [3.8, 4) is 5.75 Å². The van der Waals surface area contributed by atoms with Crippen molar-refractivity contribution in [3.05, 3.63) is 29.8 Å². The fraction of sp³-hybridized carbons (Fsp3) is 0.562. The number of carbonyl (C=O) groups excluding carboxylic acids is 1. The number of aliphatic hydroxyl groups is 1. The molecule has 0 aromatic heterocycles. The Hall–Kier alpha value is -1.55. The largest absolute Gasteiger partial charge is 0.497 e. The lowest BCUT2D eigenvalue weighted by molar-refractivity contribution is -0.127. The minimum Gasteiger partial charge on any atom is -0.497 e. The van der Waals surface area contributed by atoms with Gasteiger partial charge in [-0.05, 0) is 24.1 Å². The van der Waals surface area contributed by atoms with E-state index >= 15 is 0 Å². The maximum Gasteiger partial charge on any atom is 0.223 e. The summed E-state index contributed by atoms with van der Waals surface area (Å²) in [6, 6.07) is 7.40. The van der Waals surface area contributed by atoms with Gasteiger partial charge in [-0.1, -0.05) is 25.5 Å². The molecule has 1 saturated heterocycles. The number of benzene rings is 1. The van der Waals surface area contributed by atoms with Gasteiger partial charge in [0.2, 0.25) is 5.91 Å². The summed E-state index contributed by atoms with van der Waals surface area (Å²) >= 11 is 0. The number of likely N-dealkylation sites (tertiary alicyclic amines) is 1. The Kier molecular flexibility index (Phi) is 5.01. The number of carbonyl (C=O) groups is 1. The van der Waals surface area contributed by atoms with Crippen molar-refractivity contribution in [2.75, 3.05) is 20.2 Å². The Bertz CT molecular complexity index is 444. The van der Waals surface area contributed by atoms with Crippen LogP contribution in [0.15, 0.2) is 24.3 Å². The van der Waals surface area contributed by atoms with Gasteiger partial charge in [0.1, 0.15) is 5.75 Å². The molecule has 2 unspecified atom stereocenters. The molecule has 0 bridgehead atoms. The molecule has 1 aliphatic heterocycles. The zero-order valence-electron chi connectivity index (χ0n) is 12.2. The fourth-order valence-electron chi connectivity index (χ4n) is 2.65. The first-order chi connectivity index (χ1) is 9.65. The third-order valence-electron chi connectivity index (χ3n) is 3.93. The number of rotatable bonds is 6. The Balaban J connectivity index is 1.98. The smallest absolute Gasteiger partial charge is 0.223 e. The molecular formula is C16H23NO3. The van der Waals surface area contributed by atoms with E-state index in [-0.39, 0.29) is 11.8 Å². The average molecular weight is 277 g/mol. The van der Waals surface area contributed by atoms with Gasteiger partial charge in [0.25, 0.3) is 0 Å². The highest BCUT2D eigenvalue weighted by atomic mass is 16.5. The van der Waals surface area contributed by atoms with Crippen molar-refractivity contribution in [1.82, 2.24) is 4.90 Å². The van der Waals surface area contributed by atoms with Gasteiger partial charge in [-0.15, -0.1) is 0 Å². The molecule has 1 N–H and O–H groups in total. The van der Waals surface area contributed by atoms with E-state index in [9.17, 15) is 9.90 Å². The van der Waals surface area contributed by atoms with Crippen LogP contribution in [0.25, 0.3) is 0 Å². The minimum absolute atomic E-state index is 0.00671. The number of methoxy groups -OCH3 is 1. The fourth-order valence-corrected chi connectivity index (χ4v) is 2.65. The minimum atomic E-state index is -0.587. The zero-order valence-corrected chi connectivity index (χ0v) is 12.2. The Morgan fingerprint density at radius 2 is 2.10 bits per heavy atom. The van der Waals surface area contributed by atoms with Crippen LogP contribution in [-0.2, 0) is 4.79 Å². The van der Waals surface area contributed by atoms with Crippen LogP contribution in [0.4, 0.5) is 0 Å². The maximum absolute atomic E-state index is 11.9. The highest BCUT2D eigenvalue weighted by molar-refractivity contribution is 5.78. The van der Waals surface area contributed by atoms with E-state index in [1.165, 1.54) is 0 Å². The summed E-state index contributed by atoms with van der Waals surface area (Å²) in [5.74, 6) is 0.928. The molecular weight excluding hydrogens is 254 g/mol. The van der Waals surface area contributed by atoms with Crippen molar-refractivity contribution in [3.63, 3.8) is 0 Å². The molecule has 0 radical (unpaired) electrons. The molecule has 4 heteroatoms. The van der Waals surface area contributed by atoms with Gasteiger partial charge in [0.15, 0.2) is 0 Å². The van der Waals surface area contributed by atoms with Crippen LogP contribution in [0, 0.1) is 5.92 Å². The molecule has 2 rings (SSSR count). The summed E-state index contributed by atoms with van der Waals surface area (Å²) < 4.78 is 5.11. The second-order valence-electron chi connectivity index (χ2n) is 5.38. The third kappa shape index (κ3) is 3.31. The van der Waals surface area contributed by atoms with Gasteiger partial charge in [0, 0.05) is 25.4 Å². The van der Waals surface area contributed by atoms with E-state index in [0.29, 0.717) is 13.0 Å². The number of amides is 1. The molecule has 0 spiro atoms. The number of unbranched alkanes of at least 4 members (excludes halogenated alkanes) is 1. The number of hydrogen-bond donors (Lipinski definition) is 1. The van der Waals surface area contributed by atoms with Gasteiger partial charge in [-0.25, -0.2) is 0 Å². The standard InChI is InChI=1S/C16H23NO3/c1-3-4-9-17-11-13(10-15(17)18)16(19)12-5-7-14(20-2)8-6-12/h5-8,13,16,19H,3-4,9-11H2,1-2H3. The van der Waals surface area contributed by atoms with E-state index in [0.717, 1.165) is 30.7 Å². The van der Waals surface area contributed by atoms with Crippen molar-refractivity contribution in [1.29, 1.82) is 0 Å². The summed E-state index contributed by atoms with van der Waals surface area (Å²) in [6.45, 7) is 3.58. The molecule has 4 nitrogen and oxygen atoms in total. The van der Waals surface area contributed by atoms with Gasteiger partial charge in [-0.3, -0.25) is 4.79 Å². The predicted octanol–water partition coefficient (Wildman–Crippen LogP) is 2.38. The molecule has 2 atom stereocenters. The Morgan fingerprint density at radius 1 is 1.40 bits per heavy atom. The second kappa shape index (κ2) is 6.75. The van der Waals surface area contributed by atoms with Crippen molar-refractivity contribution >= 4 is 5.91 Å². The van der Waals surface area contributed by atoms with Crippen LogP contribution >= 0.6 is 0 Å². The molecule has 110 valence electrons. The lowest BCUT2D eigenvalue weighted by Gasteiger charge is -2.20. The summed E-state index contributed by atoms with van der Waals surface area (Å²) in [5, 5.41) is 10.4. The monoisotopic (exact) mass is 277 g/mol. The lowest BCUT2D eigenvalue weighted by atomic mass is 9.95. The molecule has 1 aromatic rings. The third-order valence-corrected chi connectivity index (χ3v) is 3.93. The van der Waals surface area contributed by atoms with E-state index < -0.39 is 6.10 Å². The molecule has 1 aliphatic rings. The van der Waals surface area contributed by atoms with E-state index in [4.69, 9.17) is 4.74 Å². The molecule has 0 saturated carbocycles. The first-order valence-electron chi connectivity index (χ1n) is 7.25. The summed E-state index contributed by atoms with van der Waals surface area (Å²) in [6.07, 6.45) is 1.96. The number of ether oxygens (including phenoxy) is 1. The zero-order chi connectivity index (χ0) is 14.5. The van der Waals surface area contributed by atoms with Crippen molar-refractivity contribution < 1.29 is 14.6 Å². The second-order valence-corrected chi connectivity index (χ2v) is 5.38. The number of nitrogens with zero attached hydrogens (tertiary/aromatic N) is 1. The quantitative estimate of drug-likeness (QED) is 0.868. The normalized spacial score (nSPS) is 20.2. The number of aliphatic hydroxyl groups excluding tert-OH is 1. The van der Waals surface area contributed by atoms with Crippen LogP contribution in [-0.4, -0.2) is 36.1 Å². The first kappa shape index (κ1) is 14.9. The highest BCUT2D eigenvalue weighted by Crippen LogP contribution is 2.31. The molecule has 20 heavy (non-hydrogen) atoms. The molecule has 1 heterocycles. The topological polar surface area (TPSA) is 49.8 Å². The predicted molar refractivity (Wildman–Crippen MR) is 77.5 cm³/mol. The Morgan fingerprint density at radius 3 is 2.70 bits per heavy atom. The van der Waals surface area contributed by atoms with Crippen LogP contribution in [0.3, 0.4) is 0 Å². The Labute approximate surface area is 120 Å². The van der Waals surface area contributed by atoms with Gasteiger partial charge >= 0.3 is 0 Å². The van der Waals surface area contributed by atoms with E-state index in [1.807, 2.05) is 29.2 Å². The van der Waals surface area contributed by atoms with Gasteiger partial charge in [-0.2, -0.15) is 0 Å². The van der Waals surface area contributed by atoms with Crippen molar-refractivity contribution in [2.24, 2.45) is 5.92 Å². The number of hydrogen-bond acceptors (Lipinski definition) is 3. The molecule has 1 fully saturated rings.